The fourth-order valence-corrected chi connectivity index (χ4v) is 2.06. The first-order chi connectivity index (χ1) is 10.6. The molecule has 0 saturated carbocycles. The van der Waals surface area contributed by atoms with Crippen molar-refractivity contribution in [2.45, 2.75) is 6.92 Å². The first-order valence-electron chi connectivity index (χ1n) is 6.63. The van der Waals surface area contributed by atoms with Gasteiger partial charge in [-0.3, -0.25) is 4.98 Å². The normalized spacial score (nSPS) is 10.1. The largest absolute Gasteiger partial charge is 0.494 e. The first-order valence-corrected chi connectivity index (χ1v) is 6.63. The third kappa shape index (κ3) is 2.90. The van der Waals surface area contributed by atoms with Crippen LogP contribution < -0.4 is 4.74 Å². The molecule has 114 valence electrons. The number of ether oxygens (including phenoxy) is 2. The number of carbonyl (C=O) groups is 2. The Labute approximate surface area is 127 Å². The predicted molar refractivity (Wildman–Crippen MR) is 79.1 cm³/mol. The molecular formula is C16H15NO5. The number of aromatic carboxylic acids is 1. The number of hydrogen-bond acceptors (Lipinski definition) is 5. The molecule has 1 N–H and O–H groups in total. The van der Waals surface area contributed by atoms with Gasteiger partial charge in [0.25, 0.3) is 0 Å². The molecule has 0 saturated heterocycles. The summed E-state index contributed by atoms with van der Waals surface area (Å²) in [4.78, 5) is 27.6. The molecule has 0 amide bonds. The first kappa shape index (κ1) is 15.5. The van der Waals surface area contributed by atoms with Crippen LogP contribution in [0.2, 0.25) is 0 Å². The second-order valence-corrected chi connectivity index (χ2v) is 4.32. The standard InChI is InChI=1S/C16H15NO5/c1-3-22-16(20)12-11(15(18)19)9-17-13(14(12)21-2)10-7-5-4-6-8-10/h4-9H,3H2,1-2H3,(H,18,19). The minimum absolute atomic E-state index is 0.0875. The Bertz CT molecular complexity index is 697. The maximum absolute atomic E-state index is 12.1. The number of carbonyl (C=O) groups excluding carboxylic acids is 1. The van der Waals surface area contributed by atoms with Crippen molar-refractivity contribution < 1.29 is 24.2 Å². The van der Waals surface area contributed by atoms with E-state index in [4.69, 9.17) is 9.47 Å². The molecule has 6 heteroatoms. The van der Waals surface area contributed by atoms with Crippen molar-refractivity contribution >= 4 is 11.9 Å². The quantitative estimate of drug-likeness (QED) is 0.854. The van der Waals surface area contributed by atoms with E-state index in [9.17, 15) is 14.7 Å². The van der Waals surface area contributed by atoms with Crippen LogP contribution in [-0.4, -0.2) is 35.7 Å². The van der Waals surface area contributed by atoms with Crippen molar-refractivity contribution in [2.24, 2.45) is 0 Å². The zero-order valence-corrected chi connectivity index (χ0v) is 12.2. The van der Waals surface area contributed by atoms with Gasteiger partial charge in [-0.2, -0.15) is 0 Å². The minimum atomic E-state index is -1.27. The van der Waals surface area contributed by atoms with E-state index >= 15 is 0 Å². The molecule has 0 radical (unpaired) electrons. The summed E-state index contributed by atoms with van der Waals surface area (Å²) in [7, 11) is 1.36. The number of benzene rings is 1. The maximum Gasteiger partial charge on any atom is 0.342 e. The monoisotopic (exact) mass is 301 g/mol. The molecule has 22 heavy (non-hydrogen) atoms. The summed E-state index contributed by atoms with van der Waals surface area (Å²) in [6.07, 6.45) is 1.14. The highest BCUT2D eigenvalue weighted by atomic mass is 16.5. The molecule has 0 aliphatic carbocycles. The van der Waals surface area contributed by atoms with Crippen LogP contribution in [0.5, 0.6) is 5.75 Å². The summed E-state index contributed by atoms with van der Waals surface area (Å²) < 4.78 is 10.2. The van der Waals surface area contributed by atoms with Crippen LogP contribution in [0.3, 0.4) is 0 Å². The summed E-state index contributed by atoms with van der Waals surface area (Å²) in [6.45, 7) is 1.77. The molecule has 1 heterocycles. The highest BCUT2D eigenvalue weighted by Gasteiger charge is 2.26. The van der Waals surface area contributed by atoms with Gasteiger partial charge in [0, 0.05) is 11.8 Å². The molecular weight excluding hydrogens is 286 g/mol. The zero-order valence-electron chi connectivity index (χ0n) is 12.2. The number of hydrogen-bond donors (Lipinski definition) is 1. The van der Waals surface area contributed by atoms with Gasteiger partial charge in [-0.25, -0.2) is 9.59 Å². The summed E-state index contributed by atoms with van der Waals surface area (Å²) in [5.41, 5.74) is 0.707. The van der Waals surface area contributed by atoms with Gasteiger partial charge in [0.2, 0.25) is 0 Å². The predicted octanol–water partition coefficient (Wildman–Crippen LogP) is 2.63. The van der Waals surface area contributed by atoms with Crippen molar-refractivity contribution in [3.63, 3.8) is 0 Å². The van der Waals surface area contributed by atoms with Crippen LogP contribution in [0.25, 0.3) is 11.3 Å². The Morgan fingerprint density at radius 3 is 2.45 bits per heavy atom. The summed E-state index contributed by atoms with van der Waals surface area (Å²) in [6, 6.07) is 9.05. The van der Waals surface area contributed by atoms with E-state index in [1.54, 1.807) is 19.1 Å². The van der Waals surface area contributed by atoms with E-state index in [2.05, 4.69) is 4.98 Å². The van der Waals surface area contributed by atoms with Gasteiger partial charge in [-0.05, 0) is 6.92 Å². The topological polar surface area (TPSA) is 85.7 Å². The Morgan fingerprint density at radius 2 is 1.91 bits per heavy atom. The number of esters is 1. The second-order valence-electron chi connectivity index (χ2n) is 4.32. The van der Waals surface area contributed by atoms with E-state index < -0.39 is 11.9 Å². The fraction of sp³-hybridized carbons (Fsp3) is 0.188. The molecule has 0 aliphatic rings. The lowest BCUT2D eigenvalue weighted by atomic mass is 10.0. The molecule has 2 aromatic rings. The SMILES string of the molecule is CCOC(=O)c1c(C(=O)O)cnc(-c2ccccc2)c1OC. The molecule has 1 aromatic carbocycles. The van der Waals surface area contributed by atoms with E-state index in [1.807, 2.05) is 18.2 Å². The Balaban J connectivity index is 2.71. The van der Waals surface area contributed by atoms with Gasteiger partial charge in [-0.1, -0.05) is 30.3 Å². The average Bonchev–Trinajstić information content (AvgIpc) is 2.54. The molecule has 0 unspecified atom stereocenters. The van der Waals surface area contributed by atoms with Crippen LogP contribution in [0.4, 0.5) is 0 Å². The molecule has 1 aromatic heterocycles. The van der Waals surface area contributed by atoms with Gasteiger partial charge < -0.3 is 14.6 Å². The molecule has 0 bridgehead atoms. The molecule has 0 fully saturated rings. The summed E-state index contributed by atoms with van der Waals surface area (Å²) in [5.74, 6) is -1.94. The van der Waals surface area contributed by atoms with Crippen molar-refractivity contribution in [3.8, 4) is 17.0 Å². The van der Waals surface area contributed by atoms with Crippen molar-refractivity contribution in [1.82, 2.24) is 4.98 Å². The van der Waals surface area contributed by atoms with Crippen LogP contribution in [-0.2, 0) is 4.74 Å². The Morgan fingerprint density at radius 1 is 1.23 bits per heavy atom. The molecule has 0 aliphatic heterocycles. The van der Waals surface area contributed by atoms with Crippen LogP contribution in [0.1, 0.15) is 27.6 Å². The van der Waals surface area contributed by atoms with Gasteiger partial charge >= 0.3 is 11.9 Å². The van der Waals surface area contributed by atoms with Crippen LogP contribution in [0, 0.1) is 0 Å². The van der Waals surface area contributed by atoms with Gasteiger partial charge in [0.15, 0.2) is 5.75 Å². The fourth-order valence-electron chi connectivity index (χ4n) is 2.06. The lowest BCUT2D eigenvalue weighted by Crippen LogP contribution is -2.15. The Hall–Kier alpha value is -2.89. The average molecular weight is 301 g/mol. The van der Waals surface area contributed by atoms with E-state index in [-0.39, 0.29) is 23.5 Å². The number of aromatic nitrogens is 1. The van der Waals surface area contributed by atoms with Gasteiger partial charge in [-0.15, -0.1) is 0 Å². The third-order valence-electron chi connectivity index (χ3n) is 3.00. The highest BCUT2D eigenvalue weighted by Crippen LogP contribution is 2.33. The van der Waals surface area contributed by atoms with E-state index in [0.29, 0.717) is 11.3 Å². The van der Waals surface area contributed by atoms with Crippen molar-refractivity contribution in [3.05, 3.63) is 47.7 Å². The Kier molecular flexibility index (Phi) is 4.73. The molecule has 0 spiro atoms. The number of methoxy groups -OCH3 is 1. The molecule has 2 rings (SSSR count). The summed E-state index contributed by atoms with van der Waals surface area (Å²) >= 11 is 0. The van der Waals surface area contributed by atoms with Gasteiger partial charge in [0.1, 0.15) is 11.3 Å². The lowest BCUT2D eigenvalue weighted by Gasteiger charge is -2.14. The van der Waals surface area contributed by atoms with Crippen LogP contribution >= 0.6 is 0 Å². The van der Waals surface area contributed by atoms with Crippen molar-refractivity contribution in [2.75, 3.05) is 13.7 Å². The lowest BCUT2D eigenvalue weighted by molar-refractivity contribution is 0.0510. The summed E-state index contributed by atoms with van der Waals surface area (Å²) in [5, 5.41) is 9.26. The second kappa shape index (κ2) is 6.71. The zero-order chi connectivity index (χ0) is 16.1. The minimum Gasteiger partial charge on any atom is -0.494 e. The van der Waals surface area contributed by atoms with Crippen LogP contribution in [0.15, 0.2) is 36.5 Å². The molecule has 6 nitrogen and oxygen atoms in total. The third-order valence-corrected chi connectivity index (χ3v) is 3.00. The number of carboxylic acid groups (broad SMARTS) is 1. The highest BCUT2D eigenvalue weighted by molar-refractivity contribution is 6.05. The number of carboxylic acids is 1. The van der Waals surface area contributed by atoms with Crippen molar-refractivity contribution in [1.29, 1.82) is 0 Å². The maximum atomic E-state index is 12.1. The number of pyridine rings is 1. The number of rotatable bonds is 5. The smallest absolute Gasteiger partial charge is 0.342 e. The number of nitrogens with zero attached hydrogens (tertiary/aromatic N) is 1. The van der Waals surface area contributed by atoms with E-state index in [1.165, 1.54) is 7.11 Å². The van der Waals surface area contributed by atoms with Gasteiger partial charge in [0.05, 0.1) is 19.3 Å². The molecule has 0 atom stereocenters. The van der Waals surface area contributed by atoms with E-state index in [0.717, 1.165) is 6.20 Å².